The van der Waals surface area contributed by atoms with Gasteiger partial charge in [0.25, 0.3) is 0 Å². The number of rotatable bonds is 7. The average molecular weight is 330 g/mol. The Morgan fingerprint density at radius 3 is 2.75 bits per heavy atom. The zero-order valence-corrected chi connectivity index (χ0v) is 13.6. The van der Waals surface area contributed by atoms with Crippen molar-refractivity contribution in [1.29, 1.82) is 0 Å². The molecule has 2 aromatic rings. The number of aromatic amines is 1. The van der Waals surface area contributed by atoms with Crippen molar-refractivity contribution in [3.8, 4) is 5.75 Å². The number of aromatic nitrogens is 1. The molecule has 0 bridgehead atoms. The Balaban J connectivity index is 1.62. The first-order valence-electron chi connectivity index (χ1n) is 8.36. The van der Waals surface area contributed by atoms with E-state index in [4.69, 9.17) is 9.84 Å². The van der Waals surface area contributed by atoms with E-state index in [9.17, 15) is 9.59 Å². The Morgan fingerprint density at radius 2 is 2.00 bits per heavy atom. The summed E-state index contributed by atoms with van der Waals surface area (Å²) in [6.07, 6.45) is 5.26. The summed E-state index contributed by atoms with van der Waals surface area (Å²) in [6.45, 7) is 3.45. The summed E-state index contributed by atoms with van der Waals surface area (Å²) >= 11 is 0. The SMILES string of the molecule is O=C(O)CCC(=O)Oc1ccc2c(CCN3CCCC3)c[nH]c2c1. The smallest absolute Gasteiger partial charge is 0.311 e. The summed E-state index contributed by atoms with van der Waals surface area (Å²) in [7, 11) is 0. The molecule has 1 aromatic carbocycles. The highest BCUT2D eigenvalue weighted by Gasteiger charge is 2.13. The van der Waals surface area contributed by atoms with Gasteiger partial charge >= 0.3 is 11.9 Å². The molecule has 0 unspecified atom stereocenters. The molecule has 24 heavy (non-hydrogen) atoms. The van der Waals surface area contributed by atoms with Crippen molar-refractivity contribution in [2.45, 2.75) is 32.1 Å². The van der Waals surface area contributed by atoms with Crippen molar-refractivity contribution in [2.24, 2.45) is 0 Å². The molecule has 0 atom stereocenters. The van der Waals surface area contributed by atoms with Gasteiger partial charge in [0.1, 0.15) is 5.75 Å². The van der Waals surface area contributed by atoms with Crippen molar-refractivity contribution in [2.75, 3.05) is 19.6 Å². The third-order valence-corrected chi connectivity index (χ3v) is 4.41. The number of carboxylic acid groups (broad SMARTS) is 1. The molecule has 1 aliphatic rings. The van der Waals surface area contributed by atoms with E-state index in [1.807, 2.05) is 12.3 Å². The molecule has 0 saturated carbocycles. The number of carbonyl (C=O) groups is 2. The van der Waals surface area contributed by atoms with E-state index in [1.54, 1.807) is 12.1 Å². The lowest BCUT2D eigenvalue weighted by molar-refractivity contribution is -0.142. The molecule has 0 amide bonds. The zero-order chi connectivity index (χ0) is 16.9. The molecular weight excluding hydrogens is 308 g/mol. The Hall–Kier alpha value is -2.34. The van der Waals surface area contributed by atoms with Crippen molar-refractivity contribution >= 4 is 22.8 Å². The van der Waals surface area contributed by atoms with Gasteiger partial charge in [0, 0.05) is 29.7 Å². The fourth-order valence-corrected chi connectivity index (χ4v) is 3.11. The molecule has 2 heterocycles. The monoisotopic (exact) mass is 330 g/mol. The van der Waals surface area contributed by atoms with Crippen molar-refractivity contribution < 1.29 is 19.4 Å². The number of likely N-dealkylation sites (tertiary alicyclic amines) is 1. The zero-order valence-electron chi connectivity index (χ0n) is 13.6. The number of carboxylic acids is 1. The molecule has 0 spiro atoms. The number of carbonyl (C=O) groups excluding carboxylic acids is 1. The normalized spacial score (nSPS) is 15.0. The molecular formula is C18H22N2O4. The van der Waals surface area contributed by atoms with Gasteiger partial charge in [-0.15, -0.1) is 0 Å². The van der Waals surface area contributed by atoms with Crippen LogP contribution < -0.4 is 4.74 Å². The van der Waals surface area contributed by atoms with Gasteiger partial charge in [-0.05, 0) is 50.0 Å². The topological polar surface area (TPSA) is 82.6 Å². The Bertz CT molecular complexity index is 732. The van der Waals surface area contributed by atoms with Crippen LogP contribution in [0.1, 0.15) is 31.2 Å². The Labute approximate surface area is 140 Å². The number of nitrogens with zero attached hydrogens (tertiary/aromatic N) is 1. The highest BCUT2D eigenvalue weighted by molar-refractivity contribution is 5.85. The first kappa shape index (κ1) is 16.5. The van der Waals surface area contributed by atoms with Crippen molar-refractivity contribution in [3.05, 3.63) is 30.0 Å². The van der Waals surface area contributed by atoms with Gasteiger partial charge < -0.3 is 19.7 Å². The van der Waals surface area contributed by atoms with Crippen LogP contribution in [0.2, 0.25) is 0 Å². The number of fused-ring (bicyclic) bond motifs is 1. The maximum absolute atomic E-state index is 11.6. The van der Waals surface area contributed by atoms with E-state index in [0.717, 1.165) is 23.9 Å². The van der Waals surface area contributed by atoms with Gasteiger partial charge in [-0.1, -0.05) is 0 Å². The van der Waals surface area contributed by atoms with E-state index in [2.05, 4.69) is 9.88 Å². The lowest BCUT2D eigenvalue weighted by Gasteiger charge is -2.13. The number of esters is 1. The first-order chi connectivity index (χ1) is 11.6. The largest absolute Gasteiger partial charge is 0.481 e. The predicted octanol–water partition coefficient (Wildman–Crippen LogP) is 2.58. The Kier molecular flexibility index (Phi) is 5.15. The fourth-order valence-electron chi connectivity index (χ4n) is 3.11. The van der Waals surface area contributed by atoms with Crippen LogP contribution in [-0.4, -0.2) is 46.6 Å². The second-order valence-corrected chi connectivity index (χ2v) is 6.19. The molecule has 6 heteroatoms. The third kappa shape index (κ3) is 4.14. The van der Waals surface area contributed by atoms with Crippen LogP contribution in [-0.2, 0) is 16.0 Å². The predicted molar refractivity (Wildman–Crippen MR) is 90.2 cm³/mol. The molecule has 1 saturated heterocycles. The summed E-state index contributed by atoms with van der Waals surface area (Å²) in [5, 5.41) is 9.72. The molecule has 128 valence electrons. The van der Waals surface area contributed by atoms with Crippen LogP contribution in [0.25, 0.3) is 10.9 Å². The quantitative estimate of drug-likeness (QED) is 0.602. The van der Waals surface area contributed by atoms with Gasteiger partial charge in [0.15, 0.2) is 0 Å². The van der Waals surface area contributed by atoms with Crippen molar-refractivity contribution in [3.63, 3.8) is 0 Å². The molecule has 3 rings (SSSR count). The van der Waals surface area contributed by atoms with Crippen LogP contribution in [0.15, 0.2) is 24.4 Å². The molecule has 1 aromatic heterocycles. The van der Waals surface area contributed by atoms with E-state index >= 15 is 0 Å². The third-order valence-electron chi connectivity index (χ3n) is 4.41. The maximum Gasteiger partial charge on any atom is 0.311 e. The second kappa shape index (κ2) is 7.49. The lowest BCUT2D eigenvalue weighted by atomic mass is 10.1. The van der Waals surface area contributed by atoms with Crippen LogP contribution in [0.4, 0.5) is 0 Å². The number of hydrogen-bond donors (Lipinski definition) is 2. The minimum Gasteiger partial charge on any atom is -0.481 e. The van der Waals surface area contributed by atoms with Gasteiger partial charge in [-0.25, -0.2) is 0 Å². The lowest BCUT2D eigenvalue weighted by Crippen LogP contribution is -2.21. The number of H-pyrrole nitrogens is 1. The number of ether oxygens (including phenoxy) is 1. The molecule has 0 aliphatic carbocycles. The second-order valence-electron chi connectivity index (χ2n) is 6.19. The molecule has 6 nitrogen and oxygen atoms in total. The molecule has 0 radical (unpaired) electrons. The van der Waals surface area contributed by atoms with Crippen LogP contribution in [0.5, 0.6) is 5.75 Å². The van der Waals surface area contributed by atoms with Gasteiger partial charge in [0.05, 0.1) is 12.8 Å². The number of hydrogen-bond acceptors (Lipinski definition) is 4. The van der Waals surface area contributed by atoms with Crippen LogP contribution in [0.3, 0.4) is 0 Å². The minimum atomic E-state index is -1.01. The van der Waals surface area contributed by atoms with Crippen LogP contribution >= 0.6 is 0 Å². The summed E-state index contributed by atoms with van der Waals surface area (Å²) < 4.78 is 5.19. The summed E-state index contributed by atoms with van der Waals surface area (Å²) in [4.78, 5) is 27.8. The summed E-state index contributed by atoms with van der Waals surface area (Å²) in [6, 6.07) is 5.49. The average Bonchev–Trinajstić information content (AvgIpc) is 3.20. The number of benzene rings is 1. The first-order valence-corrected chi connectivity index (χ1v) is 8.36. The van der Waals surface area contributed by atoms with Crippen molar-refractivity contribution in [1.82, 2.24) is 9.88 Å². The fraction of sp³-hybridized carbons (Fsp3) is 0.444. The van der Waals surface area contributed by atoms with E-state index in [1.165, 1.54) is 31.5 Å². The summed E-state index contributed by atoms with van der Waals surface area (Å²) in [5.74, 6) is -1.10. The molecule has 1 aliphatic heterocycles. The standard InChI is InChI=1S/C18H22N2O4/c21-17(22)5-6-18(23)24-14-3-4-15-13(12-19-16(15)11-14)7-10-20-8-1-2-9-20/h3-4,11-12,19H,1-2,5-10H2,(H,21,22). The summed E-state index contributed by atoms with van der Waals surface area (Å²) in [5.41, 5.74) is 2.19. The van der Waals surface area contributed by atoms with E-state index in [-0.39, 0.29) is 12.8 Å². The number of aliphatic carboxylic acids is 1. The van der Waals surface area contributed by atoms with Crippen LogP contribution in [0, 0.1) is 0 Å². The minimum absolute atomic E-state index is 0.126. The molecule has 2 N–H and O–H groups in total. The van der Waals surface area contributed by atoms with E-state index < -0.39 is 11.9 Å². The Morgan fingerprint density at radius 1 is 1.21 bits per heavy atom. The van der Waals surface area contributed by atoms with Gasteiger partial charge in [-0.3, -0.25) is 9.59 Å². The highest BCUT2D eigenvalue weighted by atomic mass is 16.5. The highest BCUT2D eigenvalue weighted by Crippen LogP contribution is 2.24. The maximum atomic E-state index is 11.6. The van der Waals surface area contributed by atoms with E-state index in [0.29, 0.717) is 5.75 Å². The molecule has 1 fully saturated rings. The van der Waals surface area contributed by atoms with Gasteiger partial charge in [0.2, 0.25) is 0 Å². The van der Waals surface area contributed by atoms with Gasteiger partial charge in [-0.2, -0.15) is 0 Å². The number of nitrogens with one attached hydrogen (secondary N) is 1.